The molecule has 1 saturated heterocycles. The molecule has 0 unspecified atom stereocenters. The van der Waals surface area contributed by atoms with E-state index in [2.05, 4.69) is 10.6 Å². The number of aliphatic carboxylic acids is 1. The van der Waals surface area contributed by atoms with E-state index in [9.17, 15) is 19.5 Å². The maximum absolute atomic E-state index is 13.6. The van der Waals surface area contributed by atoms with Crippen molar-refractivity contribution >= 4 is 46.7 Å². The maximum atomic E-state index is 13.6. The molecule has 0 radical (unpaired) electrons. The summed E-state index contributed by atoms with van der Waals surface area (Å²) in [6.07, 6.45) is 9.75. The van der Waals surface area contributed by atoms with Crippen LogP contribution in [0.5, 0.6) is 0 Å². The zero-order valence-electron chi connectivity index (χ0n) is 18.4. The predicted octanol–water partition coefficient (Wildman–Crippen LogP) is 4.24. The third-order valence-electron chi connectivity index (χ3n) is 6.87. The molecule has 33 heavy (non-hydrogen) atoms. The van der Waals surface area contributed by atoms with Gasteiger partial charge in [-0.25, -0.2) is 4.79 Å². The van der Waals surface area contributed by atoms with Crippen molar-refractivity contribution in [3.05, 3.63) is 40.4 Å². The number of benzene rings is 1. The second kappa shape index (κ2) is 9.94. The third kappa shape index (κ3) is 5.14. The van der Waals surface area contributed by atoms with Gasteiger partial charge in [-0.2, -0.15) is 0 Å². The summed E-state index contributed by atoms with van der Waals surface area (Å²) in [5.41, 5.74) is -0.572. The van der Waals surface area contributed by atoms with Gasteiger partial charge in [-0.05, 0) is 56.7 Å². The number of carbonyl (C=O) groups is 3. The standard InChI is InChI=1S/C24H29Cl2N3O4/c25-17-11-10-16(13-18(17)26)27-19-8-5-3-1-2-4-7-15-14-24(15,23(32)33)28-21(30)20-9-6-12-29(20)22(19)31/h4,7,10-11,13,15,19-20,27H,1-3,5-6,8-9,12,14H2,(H,28,30)(H,32,33)/b7-4-/t15-,19+,20+,24-/m1/s1. The summed E-state index contributed by atoms with van der Waals surface area (Å²) < 4.78 is 0. The van der Waals surface area contributed by atoms with Crippen LogP contribution in [0.4, 0.5) is 5.69 Å². The van der Waals surface area contributed by atoms with Crippen LogP contribution in [-0.4, -0.2) is 52.0 Å². The Hall–Kier alpha value is -2.25. The molecule has 3 N–H and O–H groups in total. The quantitative estimate of drug-likeness (QED) is 0.546. The second-order valence-corrected chi connectivity index (χ2v) is 9.97. The van der Waals surface area contributed by atoms with E-state index in [1.807, 2.05) is 12.2 Å². The van der Waals surface area contributed by atoms with Crippen molar-refractivity contribution in [2.75, 3.05) is 11.9 Å². The van der Waals surface area contributed by atoms with Gasteiger partial charge >= 0.3 is 5.97 Å². The number of nitrogens with zero attached hydrogens (tertiary/aromatic N) is 1. The van der Waals surface area contributed by atoms with Crippen molar-refractivity contribution in [2.45, 2.75) is 69.0 Å². The fraction of sp³-hybridized carbons (Fsp3) is 0.542. The number of nitrogens with one attached hydrogen (secondary N) is 2. The molecule has 1 saturated carbocycles. The number of allylic oxidation sites excluding steroid dienone is 1. The highest BCUT2D eigenvalue weighted by Crippen LogP contribution is 2.45. The Bertz CT molecular complexity index is 969. The minimum absolute atomic E-state index is 0.150. The largest absolute Gasteiger partial charge is 0.479 e. The smallest absolute Gasteiger partial charge is 0.330 e. The van der Waals surface area contributed by atoms with E-state index in [1.54, 1.807) is 23.1 Å². The van der Waals surface area contributed by atoms with Crippen molar-refractivity contribution < 1.29 is 19.5 Å². The summed E-state index contributed by atoms with van der Waals surface area (Å²) in [7, 11) is 0. The Morgan fingerprint density at radius 3 is 2.70 bits per heavy atom. The molecule has 178 valence electrons. The lowest BCUT2D eigenvalue weighted by Gasteiger charge is -2.30. The van der Waals surface area contributed by atoms with Gasteiger partial charge in [0.25, 0.3) is 0 Å². The molecule has 3 aliphatic rings. The minimum Gasteiger partial charge on any atom is -0.479 e. The fourth-order valence-electron chi connectivity index (χ4n) is 4.86. The molecule has 1 aromatic carbocycles. The first-order valence-electron chi connectivity index (χ1n) is 11.6. The zero-order valence-corrected chi connectivity index (χ0v) is 19.9. The van der Waals surface area contributed by atoms with Crippen LogP contribution < -0.4 is 10.6 Å². The van der Waals surface area contributed by atoms with Crippen molar-refractivity contribution in [3.8, 4) is 0 Å². The molecule has 0 spiro atoms. The van der Waals surface area contributed by atoms with Crippen molar-refractivity contribution in [1.82, 2.24) is 10.2 Å². The first-order valence-corrected chi connectivity index (χ1v) is 12.3. The van der Waals surface area contributed by atoms with Crippen LogP contribution in [0.3, 0.4) is 0 Å². The zero-order chi connectivity index (χ0) is 23.6. The molecule has 2 fully saturated rings. The molecule has 4 rings (SSSR count). The summed E-state index contributed by atoms with van der Waals surface area (Å²) in [4.78, 5) is 40.3. The van der Waals surface area contributed by atoms with Gasteiger partial charge in [-0.3, -0.25) is 9.59 Å². The van der Waals surface area contributed by atoms with Crippen molar-refractivity contribution in [2.24, 2.45) is 5.92 Å². The summed E-state index contributed by atoms with van der Waals surface area (Å²) in [5.74, 6) is -1.77. The highest BCUT2D eigenvalue weighted by Gasteiger charge is 2.61. The molecule has 1 aromatic rings. The first-order chi connectivity index (χ1) is 15.8. The molecule has 0 bridgehead atoms. The average Bonchev–Trinajstić information content (AvgIpc) is 3.25. The maximum Gasteiger partial charge on any atom is 0.330 e. The van der Waals surface area contributed by atoms with Crippen LogP contribution >= 0.6 is 23.2 Å². The van der Waals surface area contributed by atoms with Crippen LogP contribution in [0.25, 0.3) is 0 Å². The van der Waals surface area contributed by atoms with E-state index in [0.717, 1.165) is 25.7 Å². The monoisotopic (exact) mass is 493 g/mol. The number of carboxylic acid groups (broad SMARTS) is 1. The van der Waals surface area contributed by atoms with E-state index in [-0.39, 0.29) is 17.7 Å². The Labute approximate surface area is 203 Å². The van der Waals surface area contributed by atoms with Gasteiger partial charge in [0.2, 0.25) is 11.8 Å². The molecule has 4 atom stereocenters. The van der Waals surface area contributed by atoms with Crippen LogP contribution in [0.1, 0.15) is 51.4 Å². The van der Waals surface area contributed by atoms with Crippen molar-refractivity contribution in [1.29, 1.82) is 0 Å². The van der Waals surface area contributed by atoms with Crippen LogP contribution in [-0.2, 0) is 14.4 Å². The summed E-state index contributed by atoms with van der Waals surface area (Å²) in [6.45, 7) is 0.472. The van der Waals surface area contributed by atoms with Crippen LogP contribution in [0, 0.1) is 5.92 Å². The first kappa shape index (κ1) is 23.9. The summed E-state index contributed by atoms with van der Waals surface area (Å²) in [5, 5.41) is 16.7. The number of rotatable bonds is 3. The van der Waals surface area contributed by atoms with Gasteiger partial charge in [0.05, 0.1) is 10.0 Å². The lowest BCUT2D eigenvalue weighted by molar-refractivity contribution is -0.145. The lowest BCUT2D eigenvalue weighted by atomic mass is 10.0. The molecule has 0 aromatic heterocycles. The fourth-order valence-corrected chi connectivity index (χ4v) is 5.16. The molecule has 9 heteroatoms. The number of amides is 2. The van der Waals surface area contributed by atoms with Gasteiger partial charge in [0.1, 0.15) is 17.6 Å². The number of anilines is 1. The molecule has 7 nitrogen and oxygen atoms in total. The third-order valence-corrected chi connectivity index (χ3v) is 7.61. The van der Waals surface area contributed by atoms with Gasteiger partial charge < -0.3 is 20.6 Å². The highest BCUT2D eigenvalue weighted by atomic mass is 35.5. The van der Waals surface area contributed by atoms with E-state index >= 15 is 0 Å². The molecule has 2 aliphatic heterocycles. The van der Waals surface area contributed by atoms with Crippen molar-refractivity contribution in [3.63, 3.8) is 0 Å². The number of carbonyl (C=O) groups excluding carboxylic acids is 2. The number of fused-ring (bicyclic) bond motifs is 2. The lowest BCUT2D eigenvalue weighted by Crippen LogP contribution is -2.55. The number of carboxylic acids is 1. The van der Waals surface area contributed by atoms with Gasteiger partial charge in [-0.15, -0.1) is 0 Å². The number of hydrogen-bond donors (Lipinski definition) is 3. The highest BCUT2D eigenvalue weighted by molar-refractivity contribution is 6.42. The SMILES string of the molecule is O=C1N[C@]2(C(=O)O)C[C@H]2/C=C\CCCCC[C@H](Nc2ccc(Cl)c(Cl)c2)C(=O)N2CCC[C@@H]12. The van der Waals surface area contributed by atoms with Gasteiger partial charge in [-0.1, -0.05) is 48.2 Å². The van der Waals surface area contributed by atoms with Gasteiger partial charge in [0.15, 0.2) is 0 Å². The van der Waals surface area contributed by atoms with E-state index in [1.165, 1.54) is 0 Å². The Morgan fingerprint density at radius 2 is 1.94 bits per heavy atom. The molecule has 2 heterocycles. The Morgan fingerprint density at radius 1 is 1.12 bits per heavy atom. The predicted molar refractivity (Wildman–Crippen MR) is 127 cm³/mol. The molecule has 1 aliphatic carbocycles. The summed E-state index contributed by atoms with van der Waals surface area (Å²) in [6, 6.07) is 3.97. The van der Waals surface area contributed by atoms with E-state index in [4.69, 9.17) is 23.2 Å². The Balaban J connectivity index is 1.57. The minimum atomic E-state index is -1.26. The molecular weight excluding hydrogens is 465 g/mol. The second-order valence-electron chi connectivity index (χ2n) is 9.16. The van der Waals surface area contributed by atoms with Crippen LogP contribution in [0.2, 0.25) is 10.0 Å². The van der Waals surface area contributed by atoms with Crippen LogP contribution in [0.15, 0.2) is 30.4 Å². The average molecular weight is 494 g/mol. The normalized spacial score (nSPS) is 31.5. The topological polar surface area (TPSA) is 98.7 Å². The van der Waals surface area contributed by atoms with Gasteiger partial charge in [0, 0.05) is 18.2 Å². The summed E-state index contributed by atoms with van der Waals surface area (Å²) >= 11 is 12.2. The molecular formula is C24H29Cl2N3O4. The van der Waals surface area contributed by atoms with E-state index in [0.29, 0.717) is 48.0 Å². The molecule has 2 amide bonds. The number of hydrogen-bond acceptors (Lipinski definition) is 4. The van der Waals surface area contributed by atoms with E-state index < -0.39 is 23.6 Å². The number of halogens is 2. The Kier molecular flexibility index (Phi) is 7.19.